The van der Waals surface area contributed by atoms with Crippen molar-refractivity contribution in [3.8, 4) is 0 Å². The molecule has 1 amide bonds. The highest BCUT2D eigenvalue weighted by Gasteiger charge is 2.20. The number of carbonyl (C=O) groups is 1. The molecule has 0 aliphatic carbocycles. The number of amides is 1. The van der Waals surface area contributed by atoms with Crippen LogP contribution in [0.5, 0.6) is 0 Å². The van der Waals surface area contributed by atoms with Crippen molar-refractivity contribution in [3.05, 3.63) is 22.3 Å². The third kappa shape index (κ3) is 3.67. The van der Waals surface area contributed by atoms with Crippen LogP contribution in [0, 0.1) is 5.92 Å². The topological polar surface area (TPSA) is 57.3 Å². The number of nitrogens with one attached hydrogen (secondary N) is 2. The Kier molecular flexibility index (Phi) is 4.76. The van der Waals surface area contributed by atoms with E-state index in [1.807, 2.05) is 0 Å². The maximum absolute atomic E-state index is 12.2. The minimum atomic E-state index is -0.0762. The number of hydrogen-bond donors (Lipinski definition) is 2. The van der Waals surface area contributed by atoms with Gasteiger partial charge in [-0.1, -0.05) is 0 Å². The second-order valence-corrected chi connectivity index (χ2v) is 5.84. The number of hydrogen-bond acceptors (Lipinski definition) is 4. The first-order valence-electron chi connectivity index (χ1n) is 6.40. The molecule has 1 aliphatic rings. The molecule has 6 heteroatoms. The van der Waals surface area contributed by atoms with Crippen LogP contribution < -0.4 is 10.6 Å². The third-order valence-corrected chi connectivity index (χ3v) is 3.81. The lowest BCUT2D eigenvalue weighted by atomic mass is 10.1. The Morgan fingerprint density at radius 3 is 3.05 bits per heavy atom. The zero-order valence-corrected chi connectivity index (χ0v) is 12.8. The lowest BCUT2D eigenvalue weighted by molar-refractivity contribution is 0.0948. The van der Waals surface area contributed by atoms with Crippen LogP contribution in [-0.2, 0) is 0 Å². The minimum Gasteiger partial charge on any atom is -0.372 e. The first-order valence-corrected chi connectivity index (χ1v) is 7.19. The van der Waals surface area contributed by atoms with Crippen LogP contribution in [0.4, 0.5) is 5.82 Å². The molecular weight excluding hydrogens is 308 g/mol. The molecule has 1 atom stereocenters. The summed E-state index contributed by atoms with van der Waals surface area (Å²) in [6.45, 7) is 2.88. The number of halogens is 1. The maximum Gasteiger partial charge on any atom is 0.255 e. The summed E-state index contributed by atoms with van der Waals surface area (Å²) < 4.78 is 0.803. The number of rotatable bonds is 4. The number of anilines is 1. The Bertz CT molecular complexity index is 466. The lowest BCUT2D eigenvalue weighted by Gasteiger charge is -2.13. The number of carbonyl (C=O) groups excluding carboxylic acids is 1. The number of pyridine rings is 1. The van der Waals surface area contributed by atoms with E-state index in [1.54, 1.807) is 19.3 Å². The number of aromatic nitrogens is 1. The standard InChI is InChI=1S/C13H19BrN4O/c1-15-12-11(5-10(14)7-16-12)13(19)17-6-9-3-4-18(2)8-9/h5,7,9H,3-4,6,8H2,1-2H3,(H,15,16)(H,17,19). The van der Waals surface area contributed by atoms with E-state index in [0.29, 0.717) is 17.3 Å². The zero-order valence-electron chi connectivity index (χ0n) is 11.2. The minimum absolute atomic E-state index is 0.0762. The van der Waals surface area contributed by atoms with Crippen LogP contribution in [0.15, 0.2) is 16.7 Å². The van der Waals surface area contributed by atoms with Gasteiger partial charge in [0, 0.05) is 30.8 Å². The van der Waals surface area contributed by atoms with Crippen molar-refractivity contribution in [2.45, 2.75) is 6.42 Å². The molecule has 1 saturated heterocycles. The summed E-state index contributed by atoms with van der Waals surface area (Å²) in [4.78, 5) is 18.7. The fourth-order valence-corrected chi connectivity index (χ4v) is 2.67. The summed E-state index contributed by atoms with van der Waals surface area (Å²) in [5.74, 6) is 1.07. The van der Waals surface area contributed by atoms with E-state index in [2.05, 4.69) is 43.5 Å². The molecule has 19 heavy (non-hydrogen) atoms. The van der Waals surface area contributed by atoms with E-state index in [-0.39, 0.29) is 5.91 Å². The molecular formula is C13H19BrN4O. The van der Waals surface area contributed by atoms with Gasteiger partial charge in [0.25, 0.3) is 5.91 Å². The summed E-state index contributed by atoms with van der Waals surface area (Å²) in [7, 11) is 3.87. The molecule has 104 valence electrons. The van der Waals surface area contributed by atoms with Crippen molar-refractivity contribution in [2.75, 3.05) is 39.0 Å². The number of likely N-dealkylation sites (tertiary alicyclic amines) is 1. The van der Waals surface area contributed by atoms with Crippen LogP contribution in [-0.4, -0.2) is 49.5 Å². The van der Waals surface area contributed by atoms with Gasteiger partial charge in [0.05, 0.1) is 5.56 Å². The van der Waals surface area contributed by atoms with Gasteiger partial charge in [-0.05, 0) is 47.9 Å². The lowest BCUT2D eigenvalue weighted by Crippen LogP contribution is -2.31. The van der Waals surface area contributed by atoms with Gasteiger partial charge in [0.1, 0.15) is 5.82 Å². The smallest absolute Gasteiger partial charge is 0.255 e. The van der Waals surface area contributed by atoms with Crippen molar-refractivity contribution < 1.29 is 4.79 Å². The van der Waals surface area contributed by atoms with Crippen LogP contribution in [0.1, 0.15) is 16.8 Å². The van der Waals surface area contributed by atoms with Gasteiger partial charge < -0.3 is 15.5 Å². The highest BCUT2D eigenvalue weighted by atomic mass is 79.9. The first kappa shape index (κ1) is 14.3. The Labute approximate surface area is 121 Å². The van der Waals surface area contributed by atoms with E-state index in [9.17, 15) is 4.79 Å². The number of nitrogens with zero attached hydrogens (tertiary/aromatic N) is 2. The molecule has 0 radical (unpaired) electrons. The SMILES string of the molecule is CNc1ncc(Br)cc1C(=O)NCC1CCN(C)C1. The average molecular weight is 327 g/mol. The molecule has 0 bridgehead atoms. The Hall–Kier alpha value is -1.14. The van der Waals surface area contributed by atoms with Crippen LogP contribution >= 0.6 is 15.9 Å². The van der Waals surface area contributed by atoms with Crippen LogP contribution in [0.2, 0.25) is 0 Å². The molecule has 1 aliphatic heterocycles. The predicted octanol–water partition coefficient (Wildman–Crippen LogP) is 1.57. The summed E-state index contributed by atoms with van der Waals surface area (Å²) >= 11 is 3.34. The fourth-order valence-electron chi connectivity index (χ4n) is 2.34. The summed E-state index contributed by atoms with van der Waals surface area (Å²) in [5, 5.41) is 5.93. The van der Waals surface area contributed by atoms with E-state index >= 15 is 0 Å². The van der Waals surface area contributed by atoms with E-state index in [0.717, 1.165) is 30.5 Å². The van der Waals surface area contributed by atoms with Gasteiger partial charge in [0.15, 0.2) is 0 Å². The molecule has 1 unspecified atom stereocenters. The molecule has 2 rings (SSSR count). The van der Waals surface area contributed by atoms with Crippen molar-refractivity contribution in [2.24, 2.45) is 5.92 Å². The highest BCUT2D eigenvalue weighted by Crippen LogP contribution is 2.18. The van der Waals surface area contributed by atoms with Gasteiger partial charge in [0.2, 0.25) is 0 Å². The Morgan fingerprint density at radius 2 is 2.42 bits per heavy atom. The molecule has 0 spiro atoms. The van der Waals surface area contributed by atoms with Crippen LogP contribution in [0.3, 0.4) is 0 Å². The third-order valence-electron chi connectivity index (χ3n) is 3.38. The average Bonchev–Trinajstić information content (AvgIpc) is 2.81. The quantitative estimate of drug-likeness (QED) is 0.881. The van der Waals surface area contributed by atoms with Gasteiger partial charge in [-0.15, -0.1) is 0 Å². The summed E-state index contributed by atoms with van der Waals surface area (Å²) in [6.07, 6.45) is 2.82. The second kappa shape index (κ2) is 6.34. The monoisotopic (exact) mass is 326 g/mol. The molecule has 0 saturated carbocycles. The predicted molar refractivity (Wildman–Crippen MR) is 79.4 cm³/mol. The van der Waals surface area contributed by atoms with Gasteiger partial charge in [-0.3, -0.25) is 4.79 Å². The van der Waals surface area contributed by atoms with Crippen molar-refractivity contribution >= 4 is 27.7 Å². The molecule has 1 aromatic heterocycles. The molecule has 1 fully saturated rings. The summed E-state index contributed by atoms with van der Waals surface area (Å²) in [6, 6.07) is 1.79. The molecule has 2 N–H and O–H groups in total. The normalized spacial score (nSPS) is 19.4. The molecule has 1 aromatic rings. The maximum atomic E-state index is 12.2. The first-order chi connectivity index (χ1) is 9.10. The van der Waals surface area contributed by atoms with Crippen molar-refractivity contribution in [3.63, 3.8) is 0 Å². The largest absolute Gasteiger partial charge is 0.372 e. The molecule has 5 nitrogen and oxygen atoms in total. The van der Waals surface area contributed by atoms with Gasteiger partial charge in [-0.2, -0.15) is 0 Å². The Balaban J connectivity index is 1.97. The zero-order chi connectivity index (χ0) is 13.8. The fraction of sp³-hybridized carbons (Fsp3) is 0.538. The Morgan fingerprint density at radius 1 is 1.63 bits per heavy atom. The van der Waals surface area contributed by atoms with Crippen molar-refractivity contribution in [1.29, 1.82) is 0 Å². The van der Waals surface area contributed by atoms with Gasteiger partial charge in [-0.25, -0.2) is 4.98 Å². The summed E-state index contributed by atoms with van der Waals surface area (Å²) in [5.41, 5.74) is 0.572. The van der Waals surface area contributed by atoms with E-state index < -0.39 is 0 Å². The molecule has 0 aromatic carbocycles. The highest BCUT2D eigenvalue weighted by molar-refractivity contribution is 9.10. The van der Waals surface area contributed by atoms with E-state index in [4.69, 9.17) is 0 Å². The van der Waals surface area contributed by atoms with Crippen molar-refractivity contribution in [1.82, 2.24) is 15.2 Å². The van der Waals surface area contributed by atoms with E-state index in [1.165, 1.54) is 0 Å². The molecule has 2 heterocycles. The van der Waals surface area contributed by atoms with Crippen LogP contribution in [0.25, 0.3) is 0 Å². The van der Waals surface area contributed by atoms with Gasteiger partial charge >= 0.3 is 0 Å². The second-order valence-electron chi connectivity index (χ2n) is 4.93.